The van der Waals surface area contributed by atoms with Gasteiger partial charge < -0.3 is 15.5 Å². The smallest absolute Gasteiger partial charge is 0.315 e. The van der Waals surface area contributed by atoms with Crippen LogP contribution in [0.3, 0.4) is 0 Å². The second-order valence-electron chi connectivity index (χ2n) is 6.34. The van der Waals surface area contributed by atoms with Crippen molar-refractivity contribution < 1.29 is 9.59 Å². The van der Waals surface area contributed by atoms with Crippen molar-refractivity contribution in [1.82, 2.24) is 15.5 Å². The average Bonchev–Trinajstić information content (AvgIpc) is 2.78. The van der Waals surface area contributed by atoms with E-state index in [0.29, 0.717) is 29.6 Å². The largest absolute Gasteiger partial charge is 0.343 e. The Morgan fingerprint density at radius 3 is 2.80 bits per heavy atom. The number of carbonyl (C=O) groups is 2. The highest BCUT2D eigenvalue weighted by atomic mass is 35.5. The summed E-state index contributed by atoms with van der Waals surface area (Å²) < 4.78 is 0. The minimum atomic E-state index is -0.235. The molecule has 3 amide bonds. The molecule has 25 heavy (non-hydrogen) atoms. The van der Waals surface area contributed by atoms with E-state index >= 15 is 0 Å². The molecule has 1 unspecified atom stereocenters. The van der Waals surface area contributed by atoms with E-state index in [9.17, 15) is 9.59 Å². The Morgan fingerprint density at radius 1 is 1.24 bits per heavy atom. The molecule has 1 fully saturated rings. The van der Waals surface area contributed by atoms with E-state index in [1.807, 2.05) is 17.9 Å². The number of urea groups is 1. The van der Waals surface area contributed by atoms with Gasteiger partial charge in [-0.2, -0.15) is 0 Å². The standard InChI is InChI=1S/C18H25Cl2N3O2/c1-13(14-7-8-15(19)16(20)12-14)22-18(25)21-9-5-11-23-10-4-2-3-6-17(23)24/h7-8,12-13H,2-6,9-11H2,1H3,(H2,21,22,25). The van der Waals surface area contributed by atoms with Crippen LogP contribution in [0.4, 0.5) is 4.79 Å². The zero-order chi connectivity index (χ0) is 18.2. The van der Waals surface area contributed by atoms with Crippen molar-refractivity contribution in [2.45, 2.75) is 45.1 Å². The molecule has 2 rings (SSSR count). The molecule has 2 N–H and O–H groups in total. The molecule has 0 aromatic heterocycles. The van der Waals surface area contributed by atoms with Crippen LogP contribution in [0.25, 0.3) is 0 Å². The number of hydrogen-bond acceptors (Lipinski definition) is 2. The van der Waals surface area contributed by atoms with Crippen LogP contribution in [-0.2, 0) is 4.79 Å². The molecular formula is C18H25Cl2N3O2. The highest BCUT2D eigenvalue weighted by Crippen LogP contribution is 2.25. The van der Waals surface area contributed by atoms with Gasteiger partial charge in [0, 0.05) is 26.1 Å². The van der Waals surface area contributed by atoms with Gasteiger partial charge >= 0.3 is 6.03 Å². The molecule has 1 aliphatic heterocycles. The lowest BCUT2D eigenvalue weighted by atomic mass is 10.1. The Kier molecular flexibility index (Phi) is 7.85. The van der Waals surface area contributed by atoms with E-state index in [1.165, 1.54) is 0 Å². The molecule has 0 bridgehead atoms. The molecule has 1 aromatic rings. The number of nitrogens with one attached hydrogen (secondary N) is 2. The minimum Gasteiger partial charge on any atom is -0.343 e. The molecule has 1 saturated heterocycles. The van der Waals surface area contributed by atoms with Gasteiger partial charge in [-0.15, -0.1) is 0 Å². The van der Waals surface area contributed by atoms with Crippen molar-refractivity contribution in [3.8, 4) is 0 Å². The Labute approximate surface area is 159 Å². The van der Waals surface area contributed by atoms with Crippen LogP contribution in [0.15, 0.2) is 18.2 Å². The monoisotopic (exact) mass is 385 g/mol. The average molecular weight is 386 g/mol. The first-order chi connectivity index (χ1) is 12.0. The van der Waals surface area contributed by atoms with Crippen molar-refractivity contribution in [2.75, 3.05) is 19.6 Å². The van der Waals surface area contributed by atoms with Crippen molar-refractivity contribution in [1.29, 1.82) is 0 Å². The van der Waals surface area contributed by atoms with E-state index in [1.54, 1.807) is 12.1 Å². The Hall–Kier alpha value is -1.46. The summed E-state index contributed by atoms with van der Waals surface area (Å²) in [6.07, 6.45) is 4.58. The molecule has 5 nitrogen and oxygen atoms in total. The second kappa shape index (κ2) is 9.88. The van der Waals surface area contributed by atoms with Crippen molar-refractivity contribution >= 4 is 35.1 Å². The van der Waals surface area contributed by atoms with Crippen molar-refractivity contribution in [2.24, 2.45) is 0 Å². The maximum Gasteiger partial charge on any atom is 0.315 e. The van der Waals surface area contributed by atoms with Gasteiger partial charge in [-0.25, -0.2) is 4.79 Å². The lowest BCUT2D eigenvalue weighted by molar-refractivity contribution is -0.130. The lowest BCUT2D eigenvalue weighted by Crippen LogP contribution is -2.39. The van der Waals surface area contributed by atoms with Gasteiger partial charge in [-0.1, -0.05) is 35.7 Å². The van der Waals surface area contributed by atoms with E-state index in [0.717, 1.165) is 37.8 Å². The molecule has 1 heterocycles. The molecule has 0 saturated carbocycles. The fraction of sp³-hybridized carbons (Fsp3) is 0.556. The van der Waals surface area contributed by atoms with E-state index in [4.69, 9.17) is 23.2 Å². The van der Waals surface area contributed by atoms with Gasteiger partial charge in [0.05, 0.1) is 16.1 Å². The zero-order valence-corrected chi connectivity index (χ0v) is 16.0. The fourth-order valence-electron chi connectivity index (χ4n) is 2.86. The first-order valence-corrected chi connectivity index (χ1v) is 9.50. The van der Waals surface area contributed by atoms with Crippen LogP contribution in [0, 0.1) is 0 Å². The molecule has 7 heteroatoms. The highest BCUT2D eigenvalue weighted by Gasteiger charge is 2.16. The summed E-state index contributed by atoms with van der Waals surface area (Å²) >= 11 is 11.9. The number of benzene rings is 1. The quantitative estimate of drug-likeness (QED) is 0.722. The second-order valence-corrected chi connectivity index (χ2v) is 7.15. The van der Waals surface area contributed by atoms with Gasteiger partial charge in [0.25, 0.3) is 0 Å². The van der Waals surface area contributed by atoms with E-state index in [2.05, 4.69) is 10.6 Å². The number of nitrogens with zero attached hydrogens (tertiary/aromatic N) is 1. The summed E-state index contributed by atoms with van der Waals surface area (Å²) in [4.78, 5) is 25.8. The van der Waals surface area contributed by atoms with Crippen LogP contribution in [0.2, 0.25) is 10.0 Å². The predicted octanol–water partition coefficient (Wildman–Crippen LogP) is 4.15. The summed E-state index contributed by atoms with van der Waals surface area (Å²) in [5.74, 6) is 0.232. The van der Waals surface area contributed by atoms with Crippen LogP contribution < -0.4 is 10.6 Å². The molecule has 0 spiro atoms. The summed E-state index contributed by atoms with van der Waals surface area (Å²) in [7, 11) is 0. The number of halogens is 2. The Bertz CT molecular complexity index is 610. The lowest BCUT2D eigenvalue weighted by Gasteiger charge is -2.20. The maximum absolute atomic E-state index is 12.0. The SMILES string of the molecule is CC(NC(=O)NCCCN1CCCCCC1=O)c1ccc(Cl)c(Cl)c1. The molecule has 1 atom stereocenters. The highest BCUT2D eigenvalue weighted by molar-refractivity contribution is 6.42. The number of carbonyl (C=O) groups excluding carboxylic acids is 2. The predicted molar refractivity (Wildman–Crippen MR) is 101 cm³/mol. The van der Waals surface area contributed by atoms with Gasteiger partial charge in [0.1, 0.15) is 0 Å². The third-order valence-electron chi connectivity index (χ3n) is 4.35. The van der Waals surface area contributed by atoms with E-state index in [-0.39, 0.29) is 18.0 Å². The van der Waals surface area contributed by atoms with Gasteiger partial charge in [-0.05, 0) is 43.9 Å². The third kappa shape index (κ3) is 6.40. The normalized spacial score (nSPS) is 16.3. The van der Waals surface area contributed by atoms with Crippen molar-refractivity contribution in [3.63, 3.8) is 0 Å². The number of rotatable bonds is 6. The van der Waals surface area contributed by atoms with Crippen LogP contribution in [0.5, 0.6) is 0 Å². The maximum atomic E-state index is 12.0. The minimum absolute atomic E-state index is 0.179. The molecular weight excluding hydrogens is 361 g/mol. The molecule has 0 aliphatic carbocycles. The molecule has 138 valence electrons. The summed E-state index contributed by atoms with van der Waals surface area (Å²) in [5, 5.41) is 6.66. The first-order valence-electron chi connectivity index (χ1n) is 8.74. The fourth-order valence-corrected chi connectivity index (χ4v) is 3.17. The van der Waals surface area contributed by atoms with Crippen LogP contribution in [0.1, 0.15) is 50.6 Å². The number of hydrogen-bond donors (Lipinski definition) is 2. The Balaban J connectivity index is 1.69. The topological polar surface area (TPSA) is 61.4 Å². The summed E-state index contributed by atoms with van der Waals surface area (Å²) in [6, 6.07) is 4.89. The van der Waals surface area contributed by atoms with Gasteiger partial charge in [-0.3, -0.25) is 4.79 Å². The van der Waals surface area contributed by atoms with Gasteiger partial charge in [0.2, 0.25) is 5.91 Å². The number of likely N-dealkylation sites (tertiary alicyclic amines) is 1. The first kappa shape index (κ1) is 19.9. The van der Waals surface area contributed by atoms with Crippen LogP contribution in [-0.4, -0.2) is 36.5 Å². The number of amides is 3. The summed E-state index contributed by atoms with van der Waals surface area (Å²) in [5.41, 5.74) is 0.889. The third-order valence-corrected chi connectivity index (χ3v) is 5.09. The molecule has 1 aromatic carbocycles. The van der Waals surface area contributed by atoms with E-state index < -0.39 is 0 Å². The molecule has 0 radical (unpaired) electrons. The Morgan fingerprint density at radius 2 is 2.04 bits per heavy atom. The van der Waals surface area contributed by atoms with Gasteiger partial charge in [0.15, 0.2) is 0 Å². The zero-order valence-electron chi connectivity index (χ0n) is 14.5. The van der Waals surface area contributed by atoms with Crippen molar-refractivity contribution in [3.05, 3.63) is 33.8 Å². The summed E-state index contributed by atoms with van der Waals surface area (Å²) in [6.45, 7) is 3.94. The molecule has 1 aliphatic rings. The van der Waals surface area contributed by atoms with Crippen LogP contribution >= 0.6 is 23.2 Å².